The van der Waals surface area contributed by atoms with Crippen molar-refractivity contribution in [3.05, 3.63) is 41.7 Å². The Bertz CT molecular complexity index is 863. The van der Waals surface area contributed by atoms with Crippen molar-refractivity contribution in [2.75, 3.05) is 6.61 Å². The van der Waals surface area contributed by atoms with Gasteiger partial charge in [0.1, 0.15) is 11.8 Å². The molecule has 1 unspecified atom stereocenters. The molecule has 0 spiro atoms. The van der Waals surface area contributed by atoms with E-state index in [2.05, 4.69) is 36.8 Å². The van der Waals surface area contributed by atoms with E-state index in [0.717, 1.165) is 30.2 Å². The number of nitrogens with zero attached hydrogens (tertiary/aromatic N) is 3. The van der Waals surface area contributed by atoms with Crippen LogP contribution in [0, 0.1) is 23.2 Å². The summed E-state index contributed by atoms with van der Waals surface area (Å²) in [4.78, 5) is 9.30. The van der Waals surface area contributed by atoms with Crippen molar-refractivity contribution in [1.82, 2.24) is 9.97 Å². The van der Waals surface area contributed by atoms with Crippen LogP contribution in [0.1, 0.15) is 102 Å². The van der Waals surface area contributed by atoms with Crippen LogP contribution in [0.5, 0.6) is 5.75 Å². The molecule has 1 fully saturated rings. The molecule has 4 heteroatoms. The van der Waals surface area contributed by atoms with Crippen LogP contribution in [0.3, 0.4) is 0 Å². The second-order valence-corrected chi connectivity index (χ2v) is 9.43. The smallest absolute Gasteiger partial charge is 0.159 e. The van der Waals surface area contributed by atoms with E-state index >= 15 is 0 Å². The summed E-state index contributed by atoms with van der Waals surface area (Å²) in [5.41, 5.74) is 2.62. The minimum atomic E-state index is 0.490. The summed E-state index contributed by atoms with van der Waals surface area (Å²) in [6.45, 7) is 7.37. The third kappa shape index (κ3) is 6.55. The highest BCUT2D eigenvalue weighted by atomic mass is 16.5. The molecule has 2 aromatic rings. The number of unbranched alkanes of at least 4 members (excludes halogenated alkanes) is 3. The van der Waals surface area contributed by atoms with Crippen LogP contribution < -0.4 is 4.74 Å². The fourth-order valence-corrected chi connectivity index (χ4v) is 4.86. The van der Waals surface area contributed by atoms with Crippen molar-refractivity contribution < 1.29 is 4.74 Å². The highest BCUT2D eigenvalue weighted by molar-refractivity contribution is 5.61. The molecule has 0 radical (unpaired) electrons. The van der Waals surface area contributed by atoms with Crippen molar-refractivity contribution in [3.8, 4) is 23.2 Å². The predicted molar refractivity (Wildman–Crippen MR) is 131 cm³/mol. The van der Waals surface area contributed by atoms with Crippen molar-refractivity contribution in [1.29, 1.82) is 5.26 Å². The van der Waals surface area contributed by atoms with Crippen LogP contribution in [0.15, 0.2) is 30.6 Å². The van der Waals surface area contributed by atoms with Crippen LogP contribution in [-0.4, -0.2) is 16.6 Å². The summed E-state index contributed by atoms with van der Waals surface area (Å²) in [5, 5.41) is 9.52. The van der Waals surface area contributed by atoms with Crippen molar-refractivity contribution >= 4 is 0 Å². The first-order chi connectivity index (χ1) is 15.7. The zero-order chi connectivity index (χ0) is 22.8. The molecular formula is C28H39N3O. The van der Waals surface area contributed by atoms with Crippen molar-refractivity contribution in [2.24, 2.45) is 11.8 Å². The number of benzene rings is 1. The standard InChI is InChI=1S/C28H39N3O/c1-4-6-8-9-22-10-12-23(13-11-22)21(3)26-19-30-28(31-20-26)24-14-15-27(25(17-24)18-29)32-16-7-5-2/h14-15,17,19-23H,4-13,16H2,1-3H3. The molecule has 3 rings (SSSR count). The molecule has 172 valence electrons. The molecule has 1 aromatic heterocycles. The van der Waals surface area contributed by atoms with Crippen LogP contribution in [0.25, 0.3) is 11.4 Å². The summed E-state index contributed by atoms with van der Waals surface area (Å²) in [5.74, 6) is 3.46. The van der Waals surface area contributed by atoms with Crippen LogP contribution >= 0.6 is 0 Å². The summed E-state index contributed by atoms with van der Waals surface area (Å²) in [6.07, 6.45) is 16.9. The van der Waals surface area contributed by atoms with Gasteiger partial charge in [0.15, 0.2) is 5.82 Å². The maximum absolute atomic E-state index is 9.52. The zero-order valence-electron chi connectivity index (χ0n) is 20.1. The minimum absolute atomic E-state index is 0.490. The number of hydrogen-bond acceptors (Lipinski definition) is 4. The first-order valence-corrected chi connectivity index (χ1v) is 12.7. The van der Waals surface area contributed by atoms with Gasteiger partial charge in [0.05, 0.1) is 12.2 Å². The SMILES string of the molecule is CCCCCC1CCC(C(C)c2cnc(-c3ccc(OCCCC)c(C#N)c3)nc2)CC1. The van der Waals surface area contributed by atoms with Gasteiger partial charge < -0.3 is 4.74 Å². The van der Waals surface area contributed by atoms with Crippen LogP contribution in [0.4, 0.5) is 0 Å². The summed E-state index contributed by atoms with van der Waals surface area (Å²) in [6, 6.07) is 7.89. The van der Waals surface area contributed by atoms with E-state index in [4.69, 9.17) is 4.74 Å². The molecule has 0 bridgehead atoms. The topological polar surface area (TPSA) is 58.8 Å². The van der Waals surface area contributed by atoms with Crippen LogP contribution in [-0.2, 0) is 0 Å². The Morgan fingerprint density at radius 2 is 1.75 bits per heavy atom. The maximum Gasteiger partial charge on any atom is 0.159 e. The van der Waals surface area contributed by atoms with Gasteiger partial charge in [-0.1, -0.05) is 65.7 Å². The molecule has 4 nitrogen and oxygen atoms in total. The van der Waals surface area contributed by atoms with Gasteiger partial charge in [0.2, 0.25) is 0 Å². The summed E-state index contributed by atoms with van der Waals surface area (Å²) in [7, 11) is 0. The van der Waals surface area contributed by atoms with Gasteiger partial charge in [-0.25, -0.2) is 9.97 Å². The summed E-state index contributed by atoms with van der Waals surface area (Å²) < 4.78 is 5.75. The van der Waals surface area contributed by atoms with Gasteiger partial charge in [0.25, 0.3) is 0 Å². The van der Waals surface area contributed by atoms with E-state index in [1.165, 1.54) is 56.9 Å². The lowest BCUT2D eigenvalue weighted by Gasteiger charge is -2.32. The molecule has 0 aliphatic heterocycles. The average Bonchev–Trinajstić information content (AvgIpc) is 2.84. The van der Waals surface area contributed by atoms with Crippen LogP contribution in [0.2, 0.25) is 0 Å². The molecule has 32 heavy (non-hydrogen) atoms. The molecule has 1 heterocycles. The molecule has 1 aliphatic rings. The fourth-order valence-electron chi connectivity index (χ4n) is 4.86. The van der Waals surface area contributed by atoms with Crippen molar-refractivity contribution in [3.63, 3.8) is 0 Å². The molecule has 0 amide bonds. The lowest BCUT2D eigenvalue weighted by Crippen LogP contribution is -2.19. The number of nitriles is 1. The molecule has 0 N–H and O–H groups in total. The van der Waals surface area contributed by atoms with E-state index in [0.29, 0.717) is 29.7 Å². The Kier molecular flexibility index (Phi) is 9.53. The average molecular weight is 434 g/mol. The van der Waals surface area contributed by atoms with Gasteiger partial charge in [-0.15, -0.1) is 0 Å². The minimum Gasteiger partial charge on any atom is -0.492 e. The Labute approximate surface area is 194 Å². The molecule has 1 aliphatic carbocycles. The Hall–Kier alpha value is -2.41. The normalized spacial score (nSPS) is 19.3. The Balaban J connectivity index is 1.59. The molecule has 1 aromatic carbocycles. The number of rotatable bonds is 11. The van der Waals surface area contributed by atoms with Gasteiger partial charge in [0, 0.05) is 18.0 Å². The molecule has 1 saturated carbocycles. The third-order valence-corrected chi connectivity index (χ3v) is 7.13. The monoisotopic (exact) mass is 433 g/mol. The van der Waals surface area contributed by atoms with E-state index in [9.17, 15) is 5.26 Å². The Morgan fingerprint density at radius 3 is 2.41 bits per heavy atom. The lowest BCUT2D eigenvalue weighted by molar-refractivity contribution is 0.236. The highest BCUT2D eigenvalue weighted by Crippen LogP contribution is 2.39. The van der Waals surface area contributed by atoms with E-state index in [-0.39, 0.29) is 0 Å². The van der Waals surface area contributed by atoms with Crippen molar-refractivity contribution in [2.45, 2.75) is 90.9 Å². The highest BCUT2D eigenvalue weighted by Gasteiger charge is 2.26. The predicted octanol–water partition coefficient (Wildman–Crippen LogP) is 7.68. The lowest BCUT2D eigenvalue weighted by atomic mass is 9.73. The number of ether oxygens (including phenoxy) is 1. The second-order valence-electron chi connectivity index (χ2n) is 9.43. The second kappa shape index (κ2) is 12.6. The maximum atomic E-state index is 9.52. The first-order valence-electron chi connectivity index (χ1n) is 12.7. The van der Waals surface area contributed by atoms with E-state index in [1.54, 1.807) is 0 Å². The third-order valence-electron chi connectivity index (χ3n) is 7.13. The van der Waals surface area contributed by atoms with Gasteiger partial charge in [-0.05, 0) is 60.8 Å². The van der Waals surface area contributed by atoms with Gasteiger partial charge in [-0.2, -0.15) is 5.26 Å². The largest absolute Gasteiger partial charge is 0.492 e. The molecule has 0 saturated heterocycles. The summed E-state index contributed by atoms with van der Waals surface area (Å²) >= 11 is 0. The Morgan fingerprint density at radius 1 is 1.03 bits per heavy atom. The van der Waals surface area contributed by atoms with Gasteiger partial charge >= 0.3 is 0 Å². The number of aromatic nitrogens is 2. The van der Waals surface area contributed by atoms with Gasteiger partial charge in [-0.3, -0.25) is 0 Å². The quantitative estimate of drug-likeness (QED) is 0.341. The fraction of sp³-hybridized carbons (Fsp3) is 0.607. The zero-order valence-corrected chi connectivity index (χ0v) is 20.1. The molecule has 1 atom stereocenters. The van der Waals surface area contributed by atoms with E-state index < -0.39 is 0 Å². The first kappa shape index (κ1) is 24.2. The number of hydrogen-bond donors (Lipinski definition) is 0. The molecular weight excluding hydrogens is 394 g/mol. The van der Waals surface area contributed by atoms with E-state index in [1.807, 2.05) is 30.6 Å².